The summed E-state index contributed by atoms with van der Waals surface area (Å²) in [5, 5.41) is 0. The SMILES string of the molecule is Nc1cccnc1OC1Cc2ccccc2N(c2ccccc2C=O)C1. The van der Waals surface area contributed by atoms with Crippen molar-refractivity contribution >= 4 is 23.3 Å². The number of hydrogen-bond acceptors (Lipinski definition) is 5. The molecule has 1 unspecified atom stereocenters. The maximum Gasteiger partial charge on any atom is 0.237 e. The van der Waals surface area contributed by atoms with Crippen molar-refractivity contribution in [2.24, 2.45) is 0 Å². The van der Waals surface area contributed by atoms with E-state index in [2.05, 4.69) is 22.0 Å². The summed E-state index contributed by atoms with van der Waals surface area (Å²) in [6, 6.07) is 19.3. The van der Waals surface area contributed by atoms with Crippen LogP contribution in [-0.2, 0) is 6.42 Å². The van der Waals surface area contributed by atoms with Crippen LogP contribution < -0.4 is 15.4 Å². The first-order valence-corrected chi connectivity index (χ1v) is 8.53. The number of anilines is 3. The van der Waals surface area contributed by atoms with Gasteiger partial charge in [0, 0.05) is 23.9 Å². The molecule has 1 atom stereocenters. The van der Waals surface area contributed by atoms with Gasteiger partial charge >= 0.3 is 0 Å². The van der Waals surface area contributed by atoms with Gasteiger partial charge in [0.1, 0.15) is 6.10 Å². The lowest BCUT2D eigenvalue weighted by atomic mass is 9.98. The summed E-state index contributed by atoms with van der Waals surface area (Å²) >= 11 is 0. The van der Waals surface area contributed by atoms with Crippen LogP contribution in [0, 0.1) is 0 Å². The van der Waals surface area contributed by atoms with E-state index >= 15 is 0 Å². The molecule has 1 aliphatic rings. The molecular weight excluding hydrogens is 326 g/mol. The van der Waals surface area contributed by atoms with Gasteiger partial charge in [-0.2, -0.15) is 0 Å². The molecule has 0 amide bonds. The first kappa shape index (κ1) is 16.1. The van der Waals surface area contributed by atoms with E-state index in [-0.39, 0.29) is 6.10 Å². The molecular formula is C21H19N3O2. The minimum atomic E-state index is -0.123. The van der Waals surface area contributed by atoms with E-state index in [9.17, 15) is 4.79 Å². The number of carbonyl (C=O) groups excluding carboxylic acids is 1. The molecule has 4 rings (SSSR count). The quantitative estimate of drug-likeness (QED) is 0.732. The predicted molar refractivity (Wildman–Crippen MR) is 102 cm³/mol. The van der Waals surface area contributed by atoms with Gasteiger partial charge in [-0.05, 0) is 35.9 Å². The van der Waals surface area contributed by atoms with Gasteiger partial charge in [0.2, 0.25) is 5.88 Å². The number of nitrogens with zero attached hydrogens (tertiary/aromatic N) is 2. The standard InChI is InChI=1S/C21H19N3O2/c22-18-8-5-11-23-21(18)26-17-12-15-6-1-3-9-19(15)24(13-17)20-10-4-2-7-16(20)14-25/h1-11,14,17H,12-13,22H2. The lowest BCUT2D eigenvalue weighted by Gasteiger charge is -2.36. The van der Waals surface area contributed by atoms with Crippen molar-refractivity contribution in [3.8, 4) is 5.88 Å². The van der Waals surface area contributed by atoms with Crippen LogP contribution in [0.1, 0.15) is 15.9 Å². The van der Waals surface area contributed by atoms with Crippen molar-refractivity contribution in [1.29, 1.82) is 0 Å². The summed E-state index contributed by atoms with van der Waals surface area (Å²) in [4.78, 5) is 17.9. The Morgan fingerprint density at radius 2 is 1.81 bits per heavy atom. The molecule has 0 saturated carbocycles. The fourth-order valence-electron chi connectivity index (χ4n) is 3.36. The molecule has 0 radical (unpaired) electrons. The summed E-state index contributed by atoms with van der Waals surface area (Å²) < 4.78 is 6.10. The molecule has 0 aliphatic carbocycles. The third kappa shape index (κ3) is 2.99. The number of fused-ring (bicyclic) bond motifs is 1. The molecule has 0 spiro atoms. The summed E-state index contributed by atoms with van der Waals surface area (Å²) in [6.45, 7) is 0.609. The largest absolute Gasteiger partial charge is 0.471 e. The number of aromatic nitrogens is 1. The number of para-hydroxylation sites is 2. The summed E-state index contributed by atoms with van der Waals surface area (Å²) in [5.41, 5.74) is 10.3. The van der Waals surface area contributed by atoms with Crippen LogP contribution in [0.3, 0.4) is 0 Å². The Morgan fingerprint density at radius 3 is 2.62 bits per heavy atom. The highest BCUT2D eigenvalue weighted by atomic mass is 16.5. The molecule has 2 heterocycles. The number of nitrogens with two attached hydrogens (primary N) is 1. The van der Waals surface area contributed by atoms with Crippen LogP contribution in [0.25, 0.3) is 0 Å². The second kappa shape index (κ2) is 6.88. The summed E-state index contributed by atoms with van der Waals surface area (Å²) in [5.74, 6) is 0.445. The van der Waals surface area contributed by atoms with Crippen molar-refractivity contribution in [1.82, 2.24) is 4.98 Å². The Balaban J connectivity index is 1.72. The molecule has 2 N–H and O–H groups in total. The van der Waals surface area contributed by atoms with E-state index in [1.165, 1.54) is 5.56 Å². The fraction of sp³-hybridized carbons (Fsp3) is 0.143. The van der Waals surface area contributed by atoms with E-state index in [1.54, 1.807) is 18.3 Å². The lowest BCUT2D eigenvalue weighted by Crippen LogP contribution is -2.39. The van der Waals surface area contributed by atoms with Gasteiger partial charge < -0.3 is 15.4 Å². The minimum absolute atomic E-state index is 0.123. The highest BCUT2D eigenvalue weighted by Gasteiger charge is 2.28. The topological polar surface area (TPSA) is 68.5 Å². The normalized spacial score (nSPS) is 16.0. The molecule has 1 aliphatic heterocycles. The highest BCUT2D eigenvalue weighted by molar-refractivity contribution is 5.87. The number of nitrogen functional groups attached to an aromatic ring is 1. The maximum absolute atomic E-state index is 11.5. The van der Waals surface area contributed by atoms with Crippen molar-refractivity contribution in [2.75, 3.05) is 17.2 Å². The maximum atomic E-state index is 11.5. The molecule has 5 nitrogen and oxygen atoms in total. The second-order valence-electron chi connectivity index (χ2n) is 6.26. The molecule has 0 bridgehead atoms. The predicted octanol–water partition coefficient (Wildman–Crippen LogP) is 3.62. The Labute approximate surface area is 152 Å². The third-order valence-corrected chi connectivity index (χ3v) is 4.55. The lowest BCUT2D eigenvalue weighted by molar-refractivity contribution is 0.112. The van der Waals surface area contributed by atoms with E-state index in [1.807, 2.05) is 36.4 Å². The van der Waals surface area contributed by atoms with Crippen molar-refractivity contribution in [3.63, 3.8) is 0 Å². The van der Waals surface area contributed by atoms with Crippen molar-refractivity contribution < 1.29 is 9.53 Å². The monoisotopic (exact) mass is 345 g/mol. The molecule has 0 fully saturated rings. The van der Waals surface area contributed by atoms with Gasteiger partial charge in [-0.3, -0.25) is 4.79 Å². The first-order valence-electron chi connectivity index (χ1n) is 8.53. The molecule has 5 heteroatoms. The molecule has 3 aromatic rings. The molecule has 26 heavy (non-hydrogen) atoms. The molecule has 130 valence electrons. The van der Waals surface area contributed by atoms with Crippen LogP contribution in [0.2, 0.25) is 0 Å². The number of carbonyl (C=O) groups is 1. The molecule has 0 saturated heterocycles. The van der Waals surface area contributed by atoms with Crippen LogP contribution >= 0.6 is 0 Å². The zero-order valence-corrected chi connectivity index (χ0v) is 14.2. The number of benzene rings is 2. The highest BCUT2D eigenvalue weighted by Crippen LogP contribution is 2.36. The third-order valence-electron chi connectivity index (χ3n) is 4.55. The van der Waals surface area contributed by atoms with Crippen LogP contribution in [0.15, 0.2) is 66.9 Å². The zero-order valence-electron chi connectivity index (χ0n) is 14.2. The van der Waals surface area contributed by atoms with Gasteiger partial charge in [0.05, 0.1) is 17.9 Å². The average Bonchev–Trinajstić information content (AvgIpc) is 2.69. The first-order chi connectivity index (χ1) is 12.8. The summed E-state index contributed by atoms with van der Waals surface area (Å²) in [6.07, 6.45) is 3.19. The fourth-order valence-corrected chi connectivity index (χ4v) is 3.36. The average molecular weight is 345 g/mol. The zero-order chi connectivity index (χ0) is 17.9. The van der Waals surface area contributed by atoms with Crippen LogP contribution in [0.4, 0.5) is 17.1 Å². The van der Waals surface area contributed by atoms with Gasteiger partial charge in [0.15, 0.2) is 6.29 Å². The van der Waals surface area contributed by atoms with Crippen LogP contribution in [-0.4, -0.2) is 23.9 Å². The Kier molecular flexibility index (Phi) is 4.27. The Bertz CT molecular complexity index is 942. The van der Waals surface area contributed by atoms with Gasteiger partial charge in [-0.1, -0.05) is 30.3 Å². The number of pyridine rings is 1. The smallest absolute Gasteiger partial charge is 0.237 e. The van der Waals surface area contributed by atoms with Gasteiger partial charge in [-0.25, -0.2) is 4.98 Å². The number of rotatable bonds is 4. The molecule has 1 aromatic heterocycles. The number of aldehydes is 1. The number of hydrogen-bond donors (Lipinski definition) is 1. The van der Waals surface area contributed by atoms with Crippen molar-refractivity contribution in [2.45, 2.75) is 12.5 Å². The Morgan fingerprint density at radius 1 is 1.04 bits per heavy atom. The van der Waals surface area contributed by atoms with E-state index in [0.717, 1.165) is 24.1 Å². The second-order valence-corrected chi connectivity index (χ2v) is 6.26. The number of ether oxygens (including phenoxy) is 1. The summed E-state index contributed by atoms with van der Waals surface area (Å²) in [7, 11) is 0. The molecule has 2 aromatic carbocycles. The Hall–Kier alpha value is -3.34. The van der Waals surface area contributed by atoms with Crippen molar-refractivity contribution in [3.05, 3.63) is 78.0 Å². The minimum Gasteiger partial charge on any atom is -0.471 e. The van der Waals surface area contributed by atoms with Gasteiger partial charge in [-0.15, -0.1) is 0 Å². The van der Waals surface area contributed by atoms with E-state index < -0.39 is 0 Å². The van der Waals surface area contributed by atoms with Crippen LogP contribution in [0.5, 0.6) is 5.88 Å². The van der Waals surface area contributed by atoms with Gasteiger partial charge in [0.25, 0.3) is 0 Å². The van der Waals surface area contributed by atoms with E-state index in [0.29, 0.717) is 23.7 Å². The van der Waals surface area contributed by atoms with E-state index in [4.69, 9.17) is 10.5 Å².